The summed E-state index contributed by atoms with van der Waals surface area (Å²) in [4.78, 5) is 29.5. The molecule has 1 saturated heterocycles. The second-order valence-electron chi connectivity index (χ2n) is 8.26. The van der Waals surface area contributed by atoms with Crippen molar-refractivity contribution < 1.29 is 19.1 Å². The van der Waals surface area contributed by atoms with Gasteiger partial charge in [-0.05, 0) is 66.6 Å². The molecule has 0 bridgehead atoms. The van der Waals surface area contributed by atoms with E-state index < -0.39 is 0 Å². The standard InChI is InChI=1S/C25H30N2O4/c1-30-21-8-4-7-20(16-21)25(29)27-13-11-26(12-14-27)24(28)17-19-6-3-5-18-15-22(31-2)9-10-23(18)19/h4,7-10,15-16,19H,3,5-6,11-14,17H2,1-2H3. The van der Waals surface area contributed by atoms with Crippen molar-refractivity contribution in [2.45, 2.75) is 31.6 Å². The number of methoxy groups -OCH3 is 2. The Hall–Kier alpha value is -3.02. The van der Waals surface area contributed by atoms with E-state index in [1.54, 1.807) is 26.4 Å². The molecular formula is C25H30N2O4. The van der Waals surface area contributed by atoms with Gasteiger partial charge in [0.2, 0.25) is 5.91 Å². The molecule has 4 rings (SSSR count). The third-order valence-corrected chi connectivity index (χ3v) is 6.45. The van der Waals surface area contributed by atoms with Gasteiger partial charge in [-0.15, -0.1) is 0 Å². The van der Waals surface area contributed by atoms with E-state index in [9.17, 15) is 9.59 Å². The number of nitrogens with zero attached hydrogens (tertiary/aromatic N) is 2. The Kier molecular flexibility index (Phi) is 6.44. The molecule has 2 aliphatic rings. The minimum Gasteiger partial charge on any atom is -0.497 e. The monoisotopic (exact) mass is 422 g/mol. The summed E-state index contributed by atoms with van der Waals surface area (Å²) in [5.41, 5.74) is 3.21. The first-order chi connectivity index (χ1) is 15.1. The van der Waals surface area contributed by atoms with E-state index in [4.69, 9.17) is 9.47 Å². The molecule has 6 nitrogen and oxygen atoms in total. The van der Waals surface area contributed by atoms with Crippen molar-refractivity contribution in [2.24, 2.45) is 0 Å². The minimum absolute atomic E-state index is 0.0128. The van der Waals surface area contributed by atoms with Crippen LogP contribution in [-0.4, -0.2) is 62.0 Å². The van der Waals surface area contributed by atoms with Crippen molar-refractivity contribution >= 4 is 11.8 Å². The van der Waals surface area contributed by atoms with Crippen molar-refractivity contribution in [3.05, 3.63) is 59.2 Å². The van der Waals surface area contributed by atoms with Gasteiger partial charge in [0, 0.05) is 38.2 Å². The zero-order valence-electron chi connectivity index (χ0n) is 18.3. The fraction of sp³-hybridized carbons (Fsp3) is 0.440. The average Bonchev–Trinajstić information content (AvgIpc) is 2.83. The molecule has 1 atom stereocenters. The Bertz CT molecular complexity index is 950. The smallest absolute Gasteiger partial charge is 0.254 e. The highest BCUT2D eigenvalue weighted by Crippen LogP contribution is 2.36. The number of amides is 2. The first kappa shape index (κ1) is 21.2. The lowest BCUT2D eigenvalue weighted by Crippen LogP contribution is -2.50. The van der Waals surface area contributed by atoms with Crippen LogP contribution in [-0.2, 0) is 11.2 Å². The number of hydrogen-bond donors (Lipinski definition) is 0. The Morgan fingerprint density at radius 2 is 1.65 bits per heavy atom. The number of carbonyl (C=O) groups excluding carboxylic acids is 2. The van der Waals surface area contributed by atoms with Crippen LogP contribution in [0.25, 0.3) is 0 Å². The molecule has 0 N–H and O–H groups in total. The number of benzene rings is 2. The summed E-state index contributed by atoms with van der Waals surface area (Å²) in [6.45, 7) is 2.27. The molecule has 0 spiro atoms. The van der Waals surface area contributed by atoms with Gasteiger partial charge in [0.15, 0.2) is 0 Å². The summed E-state index contributed by atoms with van der Waals surface area (Å²) in [6, 6.07) is 13.4. The maximum absolute atomic E-state index is 13.0. The maximum atomic E-state index is 13.0. The van der Waals surface area contributed by atoms with E-state index in [2.05, 4.69) is 12.1 Å². The number of carbonyl (C=O) groups is 2. The van der Waals surface area contributed by atoms with Crippen LogP contribution in [0.15, 0.2) is 42.5 Å². The molecule has 2 amide bonds. The topological polar surface area (TPSA) is 59.1 Å². The van der Waals surface area contributed by atoms with Gasteiger partial charge in [-0.25, -0.2) is 0 Å². The van der Waals surface area contributed by atoms with Crippen molar-refractivity contribution in [1.82, 2.24) is 9.80 Å². The normalized spacial score (nSPS) is 18.3. The number of rotatable bonds is 5. The van der Waals surface area contributed by atoms with Gasteiger partial charge in [0.05, 0.1) is 14.2 Å². The van der Waals surface area contributed by atoms with E-state index in [0.29, 0.717) is 43.9 Å². The van der Waals surface area contributed by atoms with Crippen LogP contribution in [0.3, 0.4) is 0 Å². The molecular weight excluding hydrogens is 392 g/mol. The molecule has 31 heavy (non-hydrogen) atoms. The number of hydrogen-bond acceptors (Lipinski definition) is 4. The van der Waals surface area contributed by atoms with Crippen LogP contribution in [0.1, 0.15) is 46.7 Å². The van der Waals surface area contributed by atoms with Crippen LogP contribution in [0.5, 0.6) is 11.5 Å². The van der Waals surface area contributed by atoms with E-state index in [1.165, 1.54) is 11.1 Å². The van der Waals surface area contributed by atoms with E-state index in [-0.39, 0.29) is 17.7 Å². The lowest BCUT2D eigenvalue weighted by atomic mass is 9.80. The average molecular weight is 423 g/mol. The van der Waals surface area contributed by atoms with Crippen molar-refractivity contribution in [2.75, 3.05) is 40.4 Å². The Morgan fingerprint density at radius 3 is 2.39 bits per heavy atom. The zero-order valence-corrected chi connectivity index (χ0v) is 18.3. The van der Waals surface area contributed by atoms with E-state index in [0.717, 1.165) is 25.0 Å². The molecule has 0 saturated carbocycles. The molecule has 1 aliphatic carbocycles. The highest BCUT2D eigenvalue weighted by molar-refractivity contribution is 5.94. The summed E-state index contributed by atoms with van der Waals surface area (Å²) in [5.74, 6) is 1.98. The summed E-state index contributed by atoms with van der Waals surface area (Å²) in [5, 5.41) is 0. The lowest BCUT2D eigenvalue weighted by Gasteiger charge is -2.36. The predicted octanol–water partition coefficient (Wildman–Crippen LogP) is 3.50. The Morgan fingerprint density at radius 1 is 0.935 bits per heavy atom. The molecule has 164 valence electrons. The number of ether oxygens (including phenoxy) is 2. The van der Waals surface area contributed by atoms with Crippen molar-refractivity contribution in [3.8, 4) is 11.5 Å². The highest BCUT2D eigenvalue weighted by atomic mass is 16.5. The van der Waals surface area contributed by atoms with Gasteiger partial charge >= 0.3 is 0 Å². The fourth-order valence-corrected chi connectivity index (χ4v) is 4.67. The van der Waals surface area contributed by atoms with Gasteiger partial charge in [0.1, 0.15) is 11.5 Å². The molecule has 1 fully saturated rings. The summed E-state index contributed by atoms with van der Waals surface area (Å²) >= 11 is 0. The predicted molar refractivity (Wildman–Crippen MR) is 119 cm³/mol. The largest absolute Gasteiger partial charge is 0.497 e. The Labute approximate surface area is 183 Å². The van der Waals surface area contributed by atoms with Gasteiger partial charge < -0.3 is 19.3 Å². The maximum Gasteiger partial charge on any atom is 0.254 e. The minimum atomic E-state index is -0.0128. The Balaban J connectivity index is 1.34. The van der Waals surface area contributed by atoms with Crippen molar-refractivity contribution in [1.29, 1.82) is 0 Å². The van der Waals surface area contributed by atoms with Crippen LogP contribution in [0.4, 0.5) is 0 Å². The molecule has 0 aromatic heterocycles. The molecule has 0 radical (unpaired) electrons. The molecule has 2 aromatic carbocycles. The second kappa shape index (κ2) is 9.41. The number of aryl methyl sites for hydroxylation is 1. The van der Waals surface area contributed by atoms with Crippen LogP contribution >= 0.6 is 0 Å². The summed E-state index contributed by atoms with van der Waals surface area (Å²) < 4.78 is 10.6. The fourth-order valence-electron chi connectivity index (χ4n) is 4.67. The van der Waals surface area contributed by atoms with Crippen LogP contribution in [0, 0.1) is 0 Å². The quantitative estimate of drug-likeness (QED) is 0.740. The van der Waals surface area contributed by atoms with Gasteiger partial charge in [0.25, 0.3) is 5.91 Å². The zero-order chi connectivity index (χ0) is 21.8. The molecule has 6 heteroatoms. The third-order valence-electron chi connectivity index (χ3n) is 6.45. The van der Waals surface area contributed by atoms with Gasteiger partial charge in [-0.3, -0.25) is 9.59 Å². The van der Waals surface area contributed by atoms with Crippen molar-refractivity contribution in [3.63, 3.8) is 0 Å². The highest BCUT2D eigenvalue weighted by Gasteiger charge is 2.28. The van der Waals surface area contributed by atoms with Gasteiger partial charge in [-0.2, -0.15) is 0 Å². The molecule has 1 aliphatic heterocycles. The van der Waals surface area contributed by atoms with E-state index in [1.807, 2.05) is 28.0 Å². The lowest BCUT2D eigenvalue weighted by molar-refractivity contribution is -0.133. The van der Waals surface area contributed by atoms with Gasteiger partial charge in [-0.1, -0.05) is 12.1 Å². The molecule has 1 heterocycles. The first-order valence-corrected chi connectivity index (χ1v) is 11.0. The summed E-state index contributed by atoms with van der Waals surface area (Å²) in [7, 11) is 3.28. The number of fused-ring (bicyclic) bond motifs is 1. The van der Waals surface area contributed by atoms with Crippen LogP contribution < -0.4 is 9.47 Å². The second-order valence-corrected chi connectivity index (χ2v) is 8.26. The SMILES string of the molecule is COc1cccc(C(=O)N2CCN(C(=O)CC3CCCc4cc(OC)ccc43)CC2)c1. The first-order valence-electron chi connectivity index (χ1n) is 11.0. The third kappa shape index (κ3) is 4.68. The molecule has 2 aromatic rings. The molecule has 1 unspecified atom stereocenters. The van der Waals surface area contributed by atoms with Crippen LogP contribution in [0.2, 0.25) is 0 Å². The summed E-state index contributed by atoms with van der Waals surface area (Å²) in [6.07, 6.45) is 3.71. The number of piperazine rings is 1. The van der Waals surface area contributed by atoms with E-state index >= 15 is 0 Å².